The smallest absolute Gasteiger partial charge is 0.267 e. The number of amides is 1. The van der Waals surface area contributed by atoms with E-state index in [2.05, 4.69) is 20.9 Å². The standard InChI is InChI=1S/C14H7Cl3F3N5O/c15-7-2-1-3-8(16)10(7)13(26)25-12(22-23-24-25)11-9(17)4-6(5-21-11)14(18,19)20/h1-5,12H,(H,22,24). The van der Waals surface area contributed by atoms with Gasteiger partial charge in [-0.2, -0.15) is 18.7 Å². The predicted molar refractivity (Wildman–Crippen MR) is 87.6 cm³/mol. The van der Waals surface area contributed by atoms with Crippen LogP contribution in [0.1, 0.15) is 27.8 Å². The van der Waals surface area contributed by atoms with Crippen LogP contribution in [0.25, 0.3) is 0 Å². The molecule has 1 N–H and O–H groups in total. The maximum absolute atomic E-state index is 12.7. The summed E-state index contributed by atoms with van der Waals surface area (Å²) in [6.45, 7) is 0. The van der Waals surface area contributed by atoms with Crippen molar-refractivity contribution in [2.24, 2.45) is 10.3 Å². The van der Waals surface area contributed by atoms with Crippen molar-refractivity contribution in [1.29, 1.82) is 0 Å². The molecule has 26 heavy (non-hydrogen) atoms. The van der Waals surface area contributed by atoms with Gasteiger partial charge in [0.2, 0.25) is 6.17 Å². The molecule has 6 nitrogen and oxygen atoms in total. The Hall–Kier alpha value is -2.10. The SMILES string of the molecule is O=C(c1c(Cl)cccc1Cl)N1NN=NC1c1ncc(C(F)(F)F)cc1Cl. The van der Waals surface area contributed by atoms with Crippen molar-refractivity contribution in [1.82, 2.24) is 15.5 Å². The van der Waals surface area contributed by atoms with Gasteiger partial charge in [-0.1, -0.05) is 46.1 Å². The molecule has 1 amide bonds. The zero-order valence-corrected chi connectivity index (χ0v) is 14.7. The van der Waals surface area contributed by atoms with Gasteiger partial charge in [-0.25, -0.2) is 5.01 Å². The number of nitrogens with one attached hydrogen (secondary N) is 1. The molecule has 0 bridgehead atoms. The molecule has 12 heteroatoms. The number of rotatable bonds is 2. The third-order valence-corrected chi connectivity index (χ3v) is 4.33. The number of alkyl halides is 3. The minimum absolute atomic E-state index is 0.0244. The lowest BCUT2D eigenvalue weighted by atomic mass is 10.1. The molecule has 0 radical (unpaired) electrons. The normalized spacial score (nSPS) is 16.7. The van der Waals surface area contributed by atoms with Gasteiger partial charge in [0.15, 0.2) is 0 Å². The van der Waals surface area contributed by atoms with E-state index in [1.54, 1.807) is 6.07 Å². The first-order valence-electron chi connectivity index (χ1n) is 6.86. The van der Waals surface area contributed by atoms with Crippen molar-refractivity contribution >= 4 is 40.7 Å². The minimum Gasteiger partial charge on any atom is -0.267 e. The molecule has 1 unspecified atom stereocenters. The summed E-state index contributed by atoms with van der Waals surface area (Å²) in [7, 11) is 0. The summed E-state index contributed by atoms with van der Waals surface area (Å²) in [5.74, 6) is -0.701. The van der Waals surface area contributed by atoms with Crippen LogP contribution in [0.2, 0.25) is 15.1 Å². The van der Waals surface area contributed by atoms with Crippen LogP contribution in [-0.4, -0.2) is 15.9 Å². The van der Waals surface area contributed by atoms with Gasteiger partial charge in [-0.3, -0.25) is 9.78 Å². The van der Waals surface area contributed by atoms with Crippen molar-refractivity contribution in [2.75, 3.05) is 0 Å². The van der Waals surface area contributed by atoms with Crippen LogP contribution in [0.4, 0.5) is 13.2 Å². The number of aromatic nitrogens is 1. The Balaban J connectivity index is 1.96. The third kappa shape index (κ3) is 3.42. The lowest BCUT2D eigenvalue weighted by Crippen LogP contribution is -2.39. The molecule has 0 saturated carbocycles. The highest BCUT2D eigenvalue weighted by Crippen LogP contribution is 2.36. The van der Waals surface area contributed by atoms with E-state index in [0.29, 0.717) is 12.3 Å². The molecule has 1 aromatic heterocycles. The molecular weight excluding hydrogens is 418 g/mol. The molecule has 136 valence electrons. The summed E-state index contributed by atoms with van der Waals surface area (Å²) >= 11 is 17.9. The molecule has 1 aliphatic rings. The number of hydrogen-bond donors (Lipinski definition) is 1. The van der Waals surface area contributed by atoms with E-state index >= 15 is 0 Å². The van der Waals surface area contributed by atoms with Crippen LogP contribution in [0.15, 0.2) is 40.8 Å². The van der Waals surface area contributed by atoms with E-state index < -0.39 is 23.8 Å². The largest absolute Gasteiger partial charge is 0.417 e. The Morgan fingerprint density at radius 3 is 2.38 bits per heavy atom. The Labute approximate surface area is 159 Å². The number of pyridine rings is 1. The molecule has 1 atom stereocenters. The number of benzene rings is 1. The molecule has 0 aliphatic carbocycles. The van der Waals surface area contributed by atoms with Crippen LogP contribution in [0.3, 0.4) is 0 Å². The zero-order valence-electron chi connectivity index (χ0n) is 12.4. The Bertz CT molecular complexity index is 886. The number of carbonyl (C=O) groups is 1. The van der Waals surface area contributed by atoms with Crippen molar-refractivity contribution < 1.29 is 18.0 Å². The fourth-order valence-electron chi connectivity index (χ4n) is 2.18. The Morgan fingerprint density at radius 2 is 1.81 bits per heavy atom. The summed E-state index contributed by atoms with van der Waals surface area (Å²) in [6.07, 6.45) is -5.20. The fraction of sp³-hybridized carbons (Fsp3) is 0.143. The van der Waals surface area contributed by atoms with Gasteiger partial charge in [0.25, 0.3) is 5.91 Å². The molecule has 1 aromatic carbocycles. The topological polar surface area (TPSA) is 70.0 Å². The van der Waals surface area contributed by atoms with E-state index in [-0.39, 0.29) is 26.3 Å². The Morgan fingerprint density at radius 1 is 1.15 bits per heavy atom. The van der Waals surface area contributed by atoms with E-state index in [9.17, 15) is 18.0 Å². The third-order valence-electron chi connectivity index (χ3n) is 3.40. The second kappa shape index (κ2) is 6.90. The lowest BCUT2D eigenvalue weighted by molar-refractivity contribution is -0.137. The molecule has 0 fully saturated rings. The second-order valence-corrected chi connectivity index (χ2v) is 6.27. The summed E-state index contributed by atoms with van der Waals surface area (Å²) in [6, 6.07) is 5.18. The van der Waals surface area contributed by atoms with Crippen molar-refractivity contribution in [3.8, 4) is 0 Å². The quantitative estimate of drug-likeness (QED) is 0.730. The van der Waals surface area contributed by atoms with Crippen molar-refractivity contribution in [2.45, 2.75) is 12.3 Å². The Kier molecular flexibility index (Phi) is 4.96. The second-order valence-electron chi connectivity index (χ2n) is 5.05. The summed E-state index contributed by atoms with van der Waals surface area (Å²) in [5.41, 5.74) is 1.19. The van der Waals surface area contributed by atoms with Gasteiger partial charge in [0.05, 0.1) is 26.2 Å². The number of hydrogen-bond acceptors (Lipinski definition) is 5. The van der Waals surface area contributed by atoms with Crippen molar-refractivity contribution in [3.63, 3.8) is 0 Å². The first-order chi connectivity index (χ1) is 12.2. The van der Waals surface area contributed by atoms with E-state index in [1.165, 1.54) is 12.1 Å². The molecule has 1 aliphatic heterocycles. The van der Waals surface area contributed by atoms with Gasteiger partial charge in [0.1, 0.15) is 5.69 Å². The van der Waals surface area contributed by atoms with Crippen LogP contribution < -0.4 is 5.53 Å². The van der Waals surface area contributed by atoms with Crippen molar-refractivity contribution in [3.05, 3.63) is 62.4 Å². The fourth-order valence-corrected chi connectivity index (χ4v) is 3.01. The average molecular weight is 425 g/mol. The highest BCUT2D eigenvalue weighted by molar-refractivity contribution is 6.39. The predicted octanol–water partition coefficient (Wildman–Crippen LogP) is 5.09. The number of halogens is 6. The minimum atomic E-state index is -4.61. The van der Waals surface area contributed by atoms with E-state index in [0.717, 1.165) is 5.01 Å². The molecule has 3 rings (SSSR count). The van der Waals surface area contributed by atoms with Gasteiger partial charge in [0, 0.05) is 6.20 Å². The maximum Gasteiger partial charge on any atom is 0.417 e. The molecular formula is C14H7Cl3F3N5O. The van der Waals surface area contributed by atoms with Crippen LogP contribution >= 0.6 is 34.8 Å². The van der Waals surface area contributed by atoms with Gasteiger partial charge < -0.3 is 0 Å². The number of carbonyl (C=O) groups excluding carboxylic acids is 1. The first-order valence-corrected chi connectivity index (χ1v) is 7.99. The highest BCUT2D eigenvalue weighted by Gasteiger charge is 2.37. The summed E-state index contributed by atoms with van der Waals surface area (Å²) < 4.78 is 38.2. The highest BCUT2D eigenvalue weighted by atomic mass is 35.5. The summed E-state index contributed by atoms with van der Waals surface area (Å²) in [4.78, 5) is 16.4. The monoisotopic (exact) mass is 423 g/mol. The molecule has 2 heterocycles. The number of nitrogens with zero attached hydrogens (tertiary/aromatic N) is 4. The first kappa shape index (κ1) is 18.7. The lowest BCUT2D eigenvalue weighted by Gasteiger charge is -2.22. The van der Waals surface area contributed by atoms with Crippen LogP contribution in [0.5, 0.6) is 0 Å². The van der Waals surface area contributed by atoms with Gasteiger partial charge in [-0.05, 0) is 18.2 Å². The van der Waals surface area contributed by atoms with E-state index in [1.807, 2.05) is 0 Å². The molecule has 0 spiro atoms. The zero-order chi connectivity index (χ0) is 19.1. The van der Waals surface area contributed by atoms with Crippen LogP contribution in [0, 0.1) is 0 Å². The maximum atomic E-state index is 12.7. The van der Waals surface area contributed by atoms with Gasteiger partial charge in [-0.15, -0.1) is 5.11 Å². The molecule has 2 aromatic rings. The van der Waals surface area contributed by atoms with Crippen LogP contribution in [-0.2, 0) is 6.18 Å². The van der Waals surface area contributed by atoms with Gasteiger partial charge >= 0.3 is 6.18 Å². The molecule has 0 saturated heterocycles. The van der Waals surface area contributed by atoms with E-state index in [4.69, 9.17) is 34.8 Å². The number of hydrazine groups is 1. The summed E-state index contributed by atoms with van der Waals surface area (Å²) in [5, 5.41) is 8.02. The average Bonchev–Trinajstić information content (AvgIpc) is 3.03.